The number of thiocarbonyl (C=S) groups is 1. The van der Waals surface area contributed by atoms with Crippen molar-refractivity contribution in [3.63, 3.8) is 0 Å². The van der Waals surface area contributed by atoms with Crippen LogP contribution in [0.3, 0.4) is 0 Å². The number of nitrogens with one attached hydrogen (secondary N) is 1. The first-order valence-corrected chi connectivity index (χ1v) is 7.79. The third kappa shape index (κ3) is 4.29. The van der Waals surface area contributed by atoms with Crippen molar-refractivity contribution in [2.45, 2.75) is 32.7 Å². The minimum absolute atomic E-state index is 0.158. The second kappa shape index (κ2) is 6.59. The highest BCUT2D eigenvalue weighted by molar-refractivity contribution is 7.80. The lowest BCUT2D eigenvalue weighted by Crippen LogP contribution is -2.22. The Hall–Kier alpha value is -1.38. The molecular weight excluding hydrogens is 298 g/mol. The Morgan fingerprint density at radius 2 is 1.67 bits per heavy atom. The van der Waals surface area contributed by atoms with E-state index in [9.17, 15) is 0 Å². The number of benzene rings is 2. The summed E-state index contributed by atoms with van der Waals surface area (Å²) in [4.78, 5) is 0.746. The molecule has 0 radical (unpaired) electrons. The summed E-state index contributed by atoms with van der Waals surface area (Å²) >= 11 is 11.6. The summed E-state index contributed by atoms with van der Waals surface area (Å²) in [5, 5.41) is 4.02. The SMILES string of the molecule is CC(C)(C)c1ccc(C(=S)NCc2ccccc2Cl)cc1. The van der Waals surface area contributed by atoms with Crippen molar-refractivity contribution in [1.82, 2.24) is 5.32 Å². The predicted octanol–water partition coefficient (Wildman–Crippen LogP) is 5.10. The Labute approximate surface area is 137 Å². The molecule has 2 rings (SSSR count). The fraction of sp³-hybridized carbons (Fsp3) is 0.278. The number of halogens is 1. The topological polar surface area (TPSA) is 12.0 Å². The van der Waals surface area contributed by atoms with Crippen LogP contribution in [0.25, 0.3) is 0 Å². The van der Waals surface area contributed by atoms with Gasteiger partial charge in [-0.05, 0) is 22.6 Å². The van der Waals surface area contributed by atoms with Crippen LogP contribution < -0.4 is 5.32 Å². The lowest BCUT2D eigenvalue weighted by molar-refractivity contribution is 0.590. The quantitative estimate of drug-likeness (QED) is 0.790. The van der Waals surface area contributed by atoms with E-state index < -0.39 is 0 Å². The van der Waals surface area contributed by atoms with E-state index in [1.807, 2.05) is 24.3 Å². The van der Waals surface area contributed by atoms with Gasteiger partial charge < -0.3 is 5.32 Å². The van der Waals surface area contributed by atoms with Crippen LogP contribution in [0.5, 0.6) is 0 Å². The summed E-state index contributed by atoms with van der Waals surface area (Å²) in [7, 11) is 0. The molecule has 0 heterocycles. The molecule has 3 heteroatoms. The molecule has 1 N–H and O–H groups in total. The van der Waals surface area contributed by atoms with E-state index in [1.54, 1.807) is 0 Å². The van der Waals surface area contributed by atoms with Gasteiger partial charge in [0.15, 0.2) is 0 Å². The van der Waals surface area contributed by atoms with E-state index >= 15 is 0 Å². The second-order valence-corrected chi connectivity index (χ2v) is 6.92. The minimum Gasteiger partial charge on any atom is -0.372 e. The Bertz CT molecular complexity index is 626. The molecule has 2 aromatic rings. The molecule has 1 nitrogen and oxygen atoms in total. The maximum Gasteiger partial charge on any atom is 0.106 e. The Balaban J connectivity index is 2.03. The van der Waals surface area contributed by atoms with Crippen molar-refractivity contribution in [3.8, 4) is 0 Å². The standard InChI is InChI=1S/C18H20ClNS/c1-18(2,3)15-10-8-13(9-11-15)17(21)20-12-14-6-4-5-7-16(14)19/h4-11H,12H2,1-3H3,(H,20,21). The zero-order chi connectivity index (χ0) is 15.5. The minimum atomic E-state index is 0.158. The average molecular weight is 318 g/mol. The molecule has 0 fully saturated rings. The first-order valence-electron chi connectivity index (χ1n) is 7.00. The van der Waals surface area contributed by atoms with E-state index in [4.69, 9.17) is 23.8 Å². The maximum atomic E-state index is 6.14. The molecule has 0 aliphatic rings. The molecule has 0 aromatic heterocycles. The average Bonchev–Trinajstić information content (AvgIpc) is 2.45. The molecule has 21 heavy (non-hydrogen) atoms. The molecule has 110 valence electrons. The molecule has 0 aliphatic heterocycles. The highest BCUT2D eigenvalue weighted by Crippen LogP contribution is 2.22. The first kappa shape index (κ1) is 16.0. The van der Waals surface area contributed by atoms with Crippen molar-refractivity contribution in [3.05, 3.63) is 70.2 Å². The molecule has 0 saturated carbocycles. The van der Waals surface area contributed by atoms with Crippen LogP contribution in [0.15, 0.2) is 48.5 Å². The van der Waals surface area contributed by atoms with Gasteiger partial charge in [-0.25, -0.2) is 0 Å². The molecule has 0 saturated heterocycles. The molecule has 0 unspecified atom stereocenters. The van der Waals surface area contributed by atoms with Gasteiger partial charge in [-0.1, -0.05) is 87.1 Å². The van der Waals surface area contributed by atoms with Gasteiger partial charge in [0.1, 0.15) is 4.99 Å². The zero-order valence-electron chi connectivity index (χ0n) is 12.6. The normalized spacial score (nSPS) is 11.2. The van der Waals surface area contributed by atoms with Crippen molar-refractivity contribution in [1.29, 1.82) is 0 Å². The summed E-state index contributed by atoms with van der Waals surface area (Å²) in [6.45, 7) is 7.25. The van der Waals surface area contributed by atoms with Gasteiger partial charge in [-0.2, -0.15) is 0 Å². The van der Waals surface area contributed by atoms with E-state index in [-0.39, 0.29) is 5.41 Å². The van der Waals surface area contributed by atoms with E-state index in [0.717, 1.165) is 21.1 Å². The highest BCUT2D eigenvalue weighted by atomic mass is 35.5. The Morgan fingerprint density at radius 3 is 2.24 bits per heavy atom. The van der Waals surface area contributed by atoms with Crippen LogP contribution in [0.2, 0.25) is 5.02 Å². The second-order valence-electron chi connectivity index (χ2n) is 6.10. The summed E-state index contributed by atoms with van der Waals surface area (Å²) in [6, 6.07) is 16.2. The van der Waals surface area contributed by atoms with Gasteiger partial charge in [0.2, 0.25) is 0 Å². The third-order valence-corrected chi connectivity index (χ3v) is 4.16. The van der Waals surface area contributed by atoms with Crippen LogP contribution >= 0.6 is 23.8 Å². The number of hydrogen-bond donors (Lipinski definition) is 1. The fourth-order valence-corrected chi connectivity index (χ4v) is 2.45. The predicted molar refractivity (Wildman–Crippen MR) is 95.1 cm³/mol. The van der Waals surface area contributed by atoms with Crippen molar-refractivity contribution in [2.24, 2.45) is 0 Å². The van der Waals surface area contributed by atoms with Gasteiger partial charge in [0, 0.05) is 17.1 Å². The lowest BCUT2D eigenvalue weighted by Gasteiger charge is -2.19. The Morgan fingerprint density at radius 1 is 1.05 bits per heavy atom. The van der Waals surface area contributed by atoms with Crippen molar-refractivity contribution < 1.29 is 0 Å². The van der Waals surface area contributed by atoms with Crippen LogP contribution in [0.1, 0.15) is 37.5 Å². The lowest BCUT2D eigenvalue weighted by atomic mass is 9.87. The summed E-state index contributed by atoms with van der Waals surface area (Å²) < 4.78 is 0. The van der Waals surface area contributed by atoms with Crippen LogP contribution in [0.4, 0.5) is 0 Å². The van der Waals surface area contributed by atoms with E-state index in [2.05, 4.69) is 50.4 Å². The number of rotatable bonds is 3. The van der Waals surface area contributed by atoms with E-state index in [1.165, 1.54) is 5.56 Å². The molecule has 0 amide bonds. The monoisotopic (exact) mass is 317 g/mol. The van der Waals surface area contributed by atoms with Gasteiger partial charge in [-0.15, -0.1) is 0 Å². The number of hydrogen-bond acceptors (Lipinski definition) is 1. The first-order chi connectivity index (χ1) is 9.88. The highest BCUT2D eigenvalue weighted by Gasteiger charge is 2.13. The summed E-state index contributed by atoms with van der Waals surface area (Å²) in [5.41, 5.74) is 3.54. The van der Waals surface area contributed by atoms with Gasteiger partial charge in [-0.3, -0.25) is 0 Å². The van der Waals surface area contributed by atoms with Gasteiger partial charge in [0.25, 0.3) is 0 Å². The van der Waals surface area contributed by atoms with Gasteiger partial charge >= 0.3 is 0 Å². The molecular formula is C18H20ClNS. The van der Waals surface area contributed by atoms with Crippen LogP contribution in [0, 0.1) is 0 Å². The molecule has 0 aliphatic carbocycles. The maximum absolute atomic E-state index is 6.14. The largest absolute Gasteiger partial charge is 0.372 e. The van der Waals surface area contributed by atoms with Crippen LogP contribution in [-0.4, -0.2) is 4.99 Å². The smallest absolute Gasteiger partial charge is 0.106 e. The van der Waals surface area contributed by atoms with E-state index in [0.29, 0.717) is 6.54 Å². The van der Waals surface area contributed by atoms with Crippen LogP contribution in [-0.2, 0) is 12.0 Å². The zero-order valence-corrected chi connectivity index (χ0v) is 14.2. The van der Waals surface area contributed by atoms with Gasteiger partial charge in [0.05, 0.1) is 0 Å². The van der Waals surface area contributed by atoms with Crippen molar-refractivity contribution in [2.75, 3.05) is 0 Å². The molecule has 0 bridgehead atoms. The molecule has 0 spiro atoms. The molecule has 2 aromatic carbocycles. The summed E-state index contributed by atoms with van der Waals surface area (Å²) in [5.74, 6) is 0. The fourth-order valence-electron chi connectivity index (χ4n) is 2.04. The summed E-state index contributed by atoms with van der Waals surface area (Å²) in [6.07, 6.45) is 0. The Kier molecular flexibility index (Phi) is 5.02. The molecule has 0 atom stereocenters. The van der Waals surface area contributed by atoms with Crippen molar-refractivity contribution >= 4 is 28.8 Å². The third-order valence-electron chi connectivity index (χ3n) is 3.41.